The summed E-state index contributed by atoms with van der Waals surface area (Å²) >= 11 is 0. The first-order valence-electron chi connectivity index (χ1n) is 12.2. The number of aliphatic hydroxyl groups is 2. The summed E-state index contributed by atoms with van der Waals surface area (Å²) in [6, 6.07) is 3.75. The summed E-state index contributed by atoms with van der Waals surface area (Å²) in [5.74, 6) is -3.18. The summed E-state index contributed by atoms with van der Waals surface area (Å²) in [5, 5.41) is 44.1. The van der Waals surface area contributed by atoms with Gasteiger partial charge in [-0.15, -0.1) is 0 Å². The second-order valence-electron chi connectivity index (χ2n) is 10.1. The van der Waals surface area contributed by atoms with Crippen LogP contribution in [0.3, 0.4) is 0 Å². The number of phenols is 2. The molecule has 39 heavy (non-hydrogen) atoms. The molecule has 11 nitrogen and oxygen atoms in total. The summed E-state index contributed by atoms with van der Waals surface area (Å²) in [6.45, 7) is 2.79. The average molecular weight is 564 g/mol. The number of aliphatic hydroxyl groups excluding tert-OH is 1. The number of Topliss-reactive ketones (excluding diaryl/α,β-unsaturated/α-hetero) is 1. The first-order valence-corrected chi connectivity index (χ1v) is 12.2. The number of hydrogen-bond acceptors (Lipinski definition) is 11. The highest BCUT2D eigenvalue weighted by Gasteiger charge is 2.49. The van der Waals surface area contributed by atoms with Gasteiger partial charge in [0.2, 0.25) is 5.78 Å². The predicted molar refractivity (Wildman–Crippen MR) is 131 cm³/mol. The van der Waals surface area contributed by atoms with Crippen molar-refractivity contribution in [3.63, 3.8) is 0 Å². The van der Waals surface area contributed by atoms with E-state index in [0.717, 1.165) is 0 Å². The van der Waals surface area contributed by atoms with Gasteiger partial charge in [0, 0.05) is 42.0 Å². The molecule has 2 aromatic rings. The molecule has 1 saturated heterocycles. The van der Waals surface area contributed by atoms with Crippen molar-refractivity contribution in [2.24, 2.45) is 5.73 Å². The van der Waals surface area contributed by atoms with Crippen molar-refractivity contribution >= 4 is 17.3 Å². The van der Waals surface area contributed by atoms with Crippen LogP contribution in [0.15, 0.2) is 18.2 Å². The summed E-state index contributed by atoms with van der Waals surface area (Å²) in [7, 11) is 1.34. The van der Waals surface area contributed by atoms with Crippen LogP contribution in [0.2, 0.25) is 0 Å². The van der Waals surface area contributed by atoms with E-state index in [1.165, 1.54) is 32.2 Å². The van der Waals surface area contributed by atoms with Crippen molar-refractivity contribution in [2.45, 2.75) is 69.4 Å². The monoisotopic (exact) mass is 563 g/mol. The zero-order valence-corrected chi connectivity index (χ0v) is 22.2. The maximum atomic E-state index is 13.6. The third kappa shape index (κ3) is 4.39. The second kappa shape index (κ2) is 10.2. The summed E-state index contributed by atoms with van der Waals surface area (Å²) in [6.07, 6.45) is -4.53. The van der Waals surface area contributed by atoms with Crippen molar-refractivity contribution in [3.8, 4) is 17.2 Å². The van der Waals surface area contributed by atoms with E-state index in [1.807, 2.05) is 0 Å². The van der Waals surface area contributed by atoms with E-state index in [-0.39, 0.29) is 54.7 Å². The Morgan fingerprint density at radius 3 is 2.44 bits per heavy atom. The van der Waals surface area contributed by atoms with Gasteiger partial charge in [-0.05, 0) is 19.9 Å². The molecule has 2 aliphatic carbocycles. The molecule has 1 fully saturated rings. The number of ether oxygens (including phenoxy) is 3. The van der Waals surface area contributed by atoms with Crippen LogP contribution in [0.5, 0.6) is 17.2 Å². The molecule has 0 aromatic heterocycles. The lowest BCUT2D eigenvalue weighted by Gasteiger charge is -2.42. The number of methoxy groups -OCH3 is 1. The minimum absolute atomic E-state index is 0. The van der Waals surface area contributed by atoms with Gasteiger partial charge < -0.3 is 52.8 Å². The first kappa shape index (κ1) is 28.9. The third-order valence-corrected chi connectivity index (χ3v) is 7.80. The van der Waals surface area contributed by atoms with Crippen LogP contribution >= 0.6 is 0 Å². The van der Waals surface area contributed by atoms with E-state index in [9.17, 15) is 34.8 Å². The molecular weight excluding hydrogens is 534 g/mol. The standard InChI is InChI=1S/C27H29NO10.ClH/c1-10-22(30)14(28)7-17(37-10)38-16-9-27(35,11(2)29)8-13-19(16)26(34)21-20(24(13)32)23(31)12-5-4-6-15(36-3)18(12)25(21)33;/h4-6,10,14,16-17,22,30,32,34-35H,7-9,28H2,1-3H3;1H. The fraction of sp³-hybridized carbons (Fsp3) is 0.444. The Morgan fingerprint density at radius 2 is 1.82 bits per heavy atom. The number of ketones is 3. The molecule has 5 rings (SSSR count). The van der Waals surface area contributed by atoms with Crippen molar-refractivity contribution < 1.29 is 62.9 Å². The fourth-order valence-electron chi connectivity index (χ4n) is 5.66. The quantitative estimate of drug-likeness (QED) is 0.224. The van der Waals surface area contributed by atoms with Gasteiger partial charge in [0.1, 0.15) is 22.8 Å². The van der Waals surface area contributed by atoms with Gasteiger partial charge in [-0.2, -0.15) is 0 Å². The molecule has 6 atom stereocenters. The fourth-order valence-corrected chi connectivity index (χ4v) is 5.66. The largest absolute Gasteiger partial charge is 1.00 e. The number of benzene rings is 2. The Balaban J connectivity index is 0.00000220. The van der Waals surface area contributed by atoms with Gasteiger partial charge in [-0.3, -0.25) is 14.4 Å². The summed E-state index contributed by atoms with van der Waals surface area (Å²) in [4.78, 5) is 39.6. The smallest absolute Gasteiger partial charge is 1.00 e. The Hall–Kier alpha value is -3.06. The Bertz CT molecular complexity index is 1370. The van der Waals surface area contributed by atoms with E-state index in [2.05, 4.69) is 0 Å². The minimum Gasteiger partial charge on any atom is -1.00 e. The zero-order valence-electron chi connectivity index (χ0n) is 22.4. The molecule has 0 saturated carbocycles. The topological polar surface area (TPSA) is 186 Å². The number of carbonyl (C=O) groups excluding carboxylic acids is 3. The molecule has 0 bridgehead atoms. The van der Waals surface area contributed by atoms with E-state index in [4.69, 9.17) is 19.9 Å². The van der Waals surface area contributed by atoms with E-state index in [0.29, 0.717) is 0 Å². The highest BCUT2D eigenvalue weighted by Crippen LogP contribution is 2.52. The lowest BCUT2D eigenvalue weighted by Crippen LogP contribution is -3.00. The number of fused-ring (bicyclic) bond motifs is 3. The number of nitrogens with two attached hydrogens (primary N) is 1. The van der Waals surface area contributed by atoms with Crippen LogP contribution in [0.4, 0.5) is 0 Å². The van der Waals surface area contributed by atoms with Crippen LogP contribution in [0, 0.1) is 0 Å². The molecule has 0 amide bonds. The Kier molecular flexibility index (Phi) is 7.54. The van der Waals surface area contributed by atoms with E-state index < -0.39 is 82.6 Å². The Morgan fingerprint density at radius 1 is 1.15 bits per heavy atom. The lowest BCUT2D eigenvalue weighted by atomic mass is 9.72. The number of halogens is 1. The summed E-state index contributed by atoms with van der Waals surface area (Å²) in [5.41, 5.74) is 2.97. The molecule has 2 aromatic carbocycles. The van der Waals surface area contributed by atoms with Crippen LogP contribution in [-0.2, 0) is 20.7 Å². The van der Waals surface area contributed by atoms with Gasteiger partial charge in [-0.1, -0.05) is 12.1 Å². The number of aromatic hydroxyl groups is 2. The molecular formula is C27H30ClNO10. The predicted octanol–water partition coefficient (Wildman–Crippen LogP) is -1.85. The molecule has 1 aliphatic heterocycles. The van der Waals surface area contributed by atoms with Crippen molar-refractivity contribution in [2.75, 3.05) is 7.11 Å². The maximum absolute atomic E-state index is 13.6. The van der Waals surface area contributed by atoms with Crippen LogP contribution < -0.4 is 22.9 Å². The molecule has 210 valence electrons. The second-order valence-corrected chi connectivity index (χ2v) is 10.1. The molecule has 1 heterocycles. The van der Waals surface area contributed by atoms with Crippen LogP contribution in [0.1, 0.15) is 77.2 Å². The Labute approximate surface area is 231 Å². The maximum Gasteiger partial charge on any atom is 1.00 e. The van der Waals surface area contributed by atoms with Gasteiger partial charge in [0.15, 0.2) is 17.9 Å². The molecule has 3 aliphatic rings. The molecule has 6 unspecified atom stereocenters. The molecule has 0 spiro atoms. The first-order chi connectivity index (χ1) is 17.9. The molecule has 12 heteroatoms. The number of hydrogen-bond donors (Lipinski definition) is 5. The van der Waals surface area contributed by atoms with Crippen molar-refractivity contribution in [1.29, 1.82) is 0 Å². The van der Waals surface area contributed by atoms with Gasteiger partial charge >= 0.3 is 1.43 Å². The normalized spacial score (nSPS) is 29.5. The van der Waals surface area contributed by atoms with Crippen LogP contribution in [-0.4, -0.2) is 75.0 Å². The van der Waals surface area contributed by atoms with Crippen molar-refractivity contribution in [3.05, 3.63) is 51.6 Å². The molecule has 0 radical (unpaired) electrons. The van der Waals surface area contributed by atoms with Gasteiger partial charge in [0.25, 0.3) is 0 Å². The van der Waals surface area contributed by atoms with Crippen molar-refractivity contribution in [1.82, 2.24) is 0 Å². The number of phenolic OH excluding ortho intramolecular Hbond substituents is 2. The third-order valence-electron chi connectivity index (χ3n) is 7.80. The highest BCUT2D eigenvalue weighted by molar-refractivity contribution is 6.31. The zero-order chi connectivity index (χ0) is 27.7. The minimum atomic E-state index is -2.00. The average Bonchev–Trinajstić information content (AvgIpc) is 2.87. The highest BCUT2D eigenvalue weighted by atomic mass is 35.5. The van der Waals surface area contributed by atoms with E-state index >= 15 is 0 Å². The number of rotatable bonds is 4. The number of carbonyl (C=O) groups is 3. The molecule has 6 N–H and O–H groups in total. The van der Waals surface area contributed by atoms with Gasteiger partial charge in [0.05, 0.1) is 42.1 Å². The summed E-state index contributed by atoms with van der Waals surface area (Å²) < 4.78 is 17.1. The SMILES string of the molecule is COc1cccc2c1C(=O)c1c(O)c3c(c(O)c1C2=O)CC(O)(C(C)=O)CC3OC1CC(N)C(O)C(C)O1.[Cl-].[H+]. The van der Waals surface area contributed by atoms with Gasteiger partial charge in [-0.25, -0.2) is 0 Å². The lowest BCUT2D eigenvalue weighted by molar-refractivity contribution is -0.247. The van der Waals surface area contributed by atoms with Crippen LogP contribution in [0.25, 0.3) is 0 Å². The van der Waals surface area contributed by atoms with E-state index in [1.54, 1.807) is 6.92 Å².